The highest BCUT2D eigenvalue weighted by atomic mass is 19.2. The number of hydrogen-bond donors (Lipinski definition) is 2. The minimum absolute atomic E-state index is 0.0612. The van der Waals surface area contributed by atoms with E-state index in [4.69, 9.17) is 4.74 Å². The van der Waals surface area contributed by atoms with Gasteiger partial charge in [-0.25, -0.2) is 18.0 Å². The summed E-state index contributed by atoms with van der Waals surface area (Å²) < 4.78 is 47.6. The van der Waals surface area contributed by atoms with Crippen LogP contribution in [0.1, 0.15) is 17.3 Å². The standard InChI is InChI=1S/C22H19F3N2O3/c1-2-30-21(29)16-10-22-12(8-9-26-16)4-3-5-17(22)27-11-13(22)20(28)18-14(23)6-7-15(24)19(18)25/h3-8,10,13,26-27H,2,9,11H2,1H3. The Kier molecular flexibility index (Phi) is 5.01. The number of ether oxygens (including phenoxy) is 1. The van der Waals surface area contributed by atoms with E-state index < -0.39 is 46.1 Å². The molecule has 2 N–H and O–H groups in total. The Labute approximate surface area is 171 Å². The normalized spacial score (nSPS) is 24.3. The van der Waals surface area contributed by atoms with Crippen LogP contribution in [0.15, 0.2) is 59.5 Å². The molecule has 0 radical (unpaired) electrons. The quantitative estimate of drug-likeness (QED) is 0.449. The number of ketones is 1. The lowest BCUT2D eigenvalue weighted by Crippen LogP contribution is -2.36. The topological polar surface area (TPSA) is 67.4 Å². The minimum atomic E-state index is -1.52. The Morgan fingerprint density at radius 1 is 1.20 bits per heavy atom. The van der Waals surface area contributed by atoms with Crippen molar-refractivity contribution in [2.24, 2.45) is 11.3 Å². The molecule has 2 heterocycles. The van der Waals surface area contributed by atoms with Gasteiger partial charge in [0.25, 0.3) is 0 Å². The van der Waals surface area contributed by atoms with Gasteiger partial charge in [-0.2, -0.15) is 0 Å². The van der Waals surface area contributed by atoms with Gasteiger partial charge in [-0.3, -0.25) is 4.79 Å². The molecule has 30 heavy (non-hydrogen) atoms. The van der Waals surface area contributed by atoms with Crippen LogP contribution >= 0.6 is 0 Å². The van der Waals surface area contributed by atoms with Crippen LogP contribution in [0.4, 0.5) is 13.2 Å². The van der Waals surface area contributed by atoms with Crippen LogP contribution in [0.25, 0.3) is 0 Å². The monoisotopic (exact) mass is 416 g/mol. The van der Waals surface area contributed by atoms with E-state index in [1.54, 1.807) is 37.3 Å². The maximum absolute atomic E-state index is 14.4. The van der Waals surface area contributed by atoms with Gasteiger partial charge in [0.2, 0.25) is 0 Å². The van der Waals surface area contributed by atoms with Gasteiger partial charge < -0.3 is 15.4 Å². The Morgan fingerprint density at radius 3 is 2.73 bits per heavy atom. The van der Waals surface area contributed by atoms with Gasteiger partial charge in [0.05, 0.1) is 23.5 Å². The molecule has 5 nitrogen and oxygen atoms in total. The second kappa shape index (κ2) is 7.51. The maximum atomic E-state index is 14.4. The molecular weight excluding hydrogens is 397 g/mol. The number of carbonyl (C=O) groups excluding carboxylic acids is 2. The fourth-order valence-corrected chi connectivity index (χ4v) is 4.26. The van der Waals surface area contributed by atoms with Crippen molar-refractivity contribution in [3.05, 3.63) is 82.5 Å². The molecule has 2 atom stereocenters. The van der Waals surface area contributed by atoms with Gasteiger partial charge in [-0.05, 0) is 36.8 Å². The number of Topliss-reactive ketones (excluding diaryl/α,β-unsaturated/α-hetero) is 1. The number of nitrogens with one attached hydrogen (secondary N) is 2. The van der Waals surface area contributed by atoms with Crippen molar-refractivity contribution in [2.45, 2.75) is 6.92 Å². The molecule has 2 unspecified atom stereocenters. The first-order valence-corrected chi connectivity index (χ1v) is 9.55. The lowest BCUT2D eigenvalue weighted by molar-refractivity contribution is -0.139. The molecule has 0 saturated carbocycles. The van der Waals surface area contributed by atoms with Crippen LogP contribution in [-0.4, -0.2) is 31.4 Å². The number of esters is 1. The number of allylic oxidation sites excluding steroid dienone is 4. The highest BCUT2D eigenvalue weighted by molar-refractivity contribution is 6.01. The highest BCUT2D eigenvalue weighted by Crippen LogP contribution is 2.51. The summed E-state index contributed by atoms with van der Waals surface area (Å²) in [6, 6.07) is 1.37. The van der Waals surface area contributed by atoms with E-state index in [9.17, 15) is 22.8 Å². The Morgan fingerprint density at radius 2 is 1.97 bits per heavy atom. The van der Waals surface area contributed by atoms with E-state index >= 15 is 0 Å². The Balaban J connectivity index is 1.88. The third kappa shape index (κ3) is 2.94. The molecule has 8 heteroatoms. The van der Waals surface area contributed by atoms with Crippen LogP contribution in [0.5, 0.6) is 0 Å². The molecule has 156 valence electrons. The number of carbonyl (C=O) groups is 2. The number of halogens is 3. The lowest BCUT2D eigenvalue weighted by atomic mass is 9.65. The highest BCUT2D eigenvalue weighted by Gasteiger charge is 2.53. The number of benzene rings is 1. The van der Waals surface area contributed by atoms with Crippen LogP contribution in [0.3, 0.4) is 0 Å². The first kappa shape index (κ1) is 20.0. The third-order valence-corrected chi connectivity index (χ3v) is 5.60. The number of hydrogen-bond acceptors (Lipinski definition) is 5. The summed E-state index contributed by atoms with van der Waals surface area (Å²) in [6.45, 7) is 2.19. The zero-order chi connectivity index (χ0) is 21.5. The zero-order valence-electron chi connectivity index (χ0n) is 16.1. The molecular formula is C22H19F3N2O3. The minimum Gasteiger partial charge on any atom is -0.461 e. The Bertz CT molecular complexity index is 1060. The molecule has 4 rings (SSSR count). The average molecular weight is 416 g/mol. The molecule has 2 aliphatic heterocycles. The Hall–Kier alpha value is -3.29. The van der Waals surface area contributed by atoms with Crippen molar-refractivity contribution in [3.8, 4) is 0 Å². The third-order valence-electron chi connectivity index (χ3n) is 5.60. The first-order chi connectivity index (χ1) is 14.4. The molecule has 1 spiro atoms. The van der Waals surface area contributed by atoms with E-state index in [1.807, 2.05) is 0 Å². The molecule has 1 aromatic rings. The predicted octanol–water partition coefficient (Wildman–Crippen LogP) is 2.92. The fraction of sp³-hybridized carbons (Fsp3) is 0.273. The van der Waals surface area contributed by atoms with Gasteiger partial charge in [0.1, 0.15) is 11.5 Å². The lowest BCUT2D eigenvalue weighted by Gasteiger charge is -2.35. The molecule has 1 saturated heterocycles. The smallest absolute Gasteiger partial charge is 0.354 e. The van der Waals surface area contributed by atoms with Crippen LogP contribution in [0.2, 0.25) is 0 Å². The van der Waals surface area contributed by atoms with E-state index in [1.165, 1.54) is 0 Å². The van der Waals surface area contributed by atoms with Gasteiger partial charge in [-0.15, -0.1) is 0 Å². The summed E-state index contributed by atoms with van der Waals surface area (Å²) in [5.41, 5.74) is -0.645. The molecule has 1 aromatic carbocycles. The van der Waals surface area contributed by atoms with Crippen LogP contribution < -0.4 is 10.6 Å². The predicted molar refractivity (Wildman–Crippen MR) is 103 cm³/mol. The van der Waals surface area contributed by atoms with Crippen molar-refractivity contribution in [1.29, 1.82) is 0 Å². The van der Waals surface area contributed by atoms with Crippen molar-refractivity contribution in [2.75, 3.05) is 19.7 Å². The second-order valence-corrected chi connectivity index (χ2v) is 7.14. The van der Waals surface area contributed by atoms with Crippen molar-refractivity contribution >= 4 is 11.8 Å². The molecule has 0 amide bonds. The van der Waals surface area contributed by atoms with E-state index in [0.29, 0.717) is 23.9 Å². The largest absolute Gasteiger partial charge is 0.461 e. The summed E-state index contributed by atoms with van der Waals surface area (Å²) in [4.78, 5) is 25.8. The van der Waals surface area contributed by atoms with Gasteiger partial charge >= 0.3 is 5.97 Å². The van der Waals surface area contributed by atoms with Crippen molar-refractivity contribution < 1.29 is 27.5 Å². The molecule has 0 aromatic heterocycles. The van der Waals surface area contributed by atoms with E-state index in [-0.39, 0.29) is 18.8 Å². The van der Waals surface area contributed by atoms with Gasteiger partial charge in [-0.1, -0.05) is 18.2 Å². The summed E-state index contributed by atoms with van der Waals surface area (Å²) in [7, 11) is 0. The SMILES string of the molecule is CCOC(=O)C1=CC23C(=CCN1)C=CC=C2NCC3C(=O)c1c(F)ccc(F)c1F. The van der Waals surface area contributed by atoms with Gasteiger partial charge in [0.15, 0.2) is 17.4 Å². The molecule has 3 aliphatic rings. The number of rotatable bonds is 4. The van der Waals surface area contributed by atoms with Crippen LogP contribution in [0, 0.1) is 28.8 Å². The summed E-state index contributed by atoms with van der Waals surface area (Å²) in [5, 5.41) is 6.07. The maximum Gasteiger partial charge on any atom is 0.354 e. The van der Waals surface area contributed by atoms with E-state index in [0.717, 1.165) is 6.07 Å². The van der Waals surface area contributed by atoms with Gasteiger partial charge in [0, 0.05) is 18.8 Å². The molecule has 1 aliphatic carbocycles. The first-order valence-electron chi connectivity index (χ1n) is 9.55. The van der Waals surface area contributed by atoms with Crippen LogP contribution in [-0.2, 0) is 9.53 Å². The summed E-state index contributed by atoms with van der Waals surface area (Å²) >= 11 is 0. The second-order valence-electron chi connectivity index (χ2n) is 7.14. The van der Waals surface area contributed by atoms with Crippen molar-refractivity contribution in [1.82, 2.24) is 10.6 Å². The zero-order valence-corrected chi connectivity index (χ0v) is 16.1. The average Bonchev–Trinajstić information content (AvgIpc) is 2.97. The summed E-state index contributed by atoms with van der Waals surface area (Å²) in [6.07, 6.45) is 8.68. The van der Waals surface area contributed by atoms with E-state index in [2.05, 4.69) is 10.6 Å². The van der Waals surface area contributed by atoms with Crippen molar-refractivity contribution in [3.63, 3.8) is 0 Å². The molecule has 0 bridgehead atoms. The summed E-state index contributed by atoms with van der Waals surface area (Å²) in [5.74, 6) is -6.45. The fourth-order valence-electron chi connectivity index (χ4n) is 4.26. The molecule has 1 fully saturated rings.